The molecule has 240 valence electrons. The molecule has 8 rings (SSSR count). The van der Waals surface area contributed by atoms with Crippen molar-refractivity contribution in [3.63, 3.8) is 0 Å². The van der Waals surface area contributed by atoms with Crippen molar-refractivity contribution >= 4 is 28.3 Å². The molecule has 3 fully saturated rings. The fourth-order valence-electron chi connectivity index (χ4n) is 12.7. The number of hydrogen-bond donors (Lipinski definition) is 4. The van der Waals surface area contributed by atoms with Gasteiger partial charge in [0.15, 0.2) is 0 Å². The number of carboxylic acid groups (broad SMARTS) is 1. The first-order valence-electron chi connectivity index (χ1n) is 17.5. The molecule has 6 nitrogen and oxygen atoms in total. The molecule has 2 heterocycles. The second kappa shape index (κ2) is 8.86. The number of allylic oxidation sites excluding steroid dienone is 2. The van der Waals surface area contributed by atoms with Gasteiger partial charge in [-0.05, 0) is 132 Å². The van der Waals surface area contributed by atoms with Crippen molar-refractivity contribution in [1.29, 1.82) is 0 Å². The average Bonchev–Trinajstić information content (AvgIpc) is 3.59. The van der Waals surface area contributed by atoms with Crippen LogP contribution >= 0.6 is 0 Å². The number of nitrogens with one attached hydrogen (secondary N) is 2. The number of H-pyrrole nitrogens is 2. The van der Waals surface area contributed by atoms with E-state index in [-0.39, 0.29) is 33.0 Å². The van der Waals surface area contributed by atoms with Crippen LogP contribution in [-0.4, -0.2) is 26.3 Å². The molecule has 0 bridgehead atoms. The third-order valence-corrected chi connectivity index (χ3v) is 15.3. The fraction of sp³-hybridized carbons (Fsp3) is 0.641. The van der Waals surface area contributed by atoms with Gasteiger partial charge in [0.05, 0.1) is 11.1 Å². The van der Waals surface area contributed by atoms with Gasteiger partial charge in [0.2, 0.25) is 0 Å². The molecular weight excluding hydrogens is 556 g/mol. The zero-order valence-corrected chi connectivity index (χ0v) is 28.4. The largest absolute Gasteiger partial charge is 0.481 e. The highest BCUT2D eigenvalue weighted by atomic mass is 16.4. The monoisotopic (exact) mass is 608 g/mol. The third-order valence-electron chi connectivity index (χ3n) is 15.3. The predicted molar refractivity (Wildman–Crippen MR) is 181 cm³/mol. The molecule has 5 N–H and O–H groups in total. The molecule has 1 aromatic carbocycles. The fourth-order valence-corrected chi connectivity index (χ4v) is 12.7. The molecule has 3 aromatic rings. The number of hydrogen-bond acceptors (Lipinski definition) is 3. The summed E-state index contributed by atoms with van der Waals surface area (Å²) >= 11 is 0. The van der Waals surface area contributed by atoms with Crippen LogP contribution in [0, 0.1) is 44.8 Å². The minimum atomic E-state index is -0.676. The molecule has 2 aromatic heterocycles. The topological polar surface area (TPSA) is 108 Å². The molecule has 0 spiro atoms. The summed E-state index contributed by atoms with van der Waals surface area (Å²) in [5.41, 5.74) is 13.7. The number of carboxylic acids is 1. The van der Waals surface area contributed by atoms with E-state index < -0.39 is 11.4 Å². The van der Waals surface area contributed by atoms with E-state index in [0.717, 1.165) is 74.8 Å². The van der Waals surface area contributed by atoms with Crippen molar-refractivity contribution in [2.24, 2.45) is 44.8 Å². The quantitative estimate of drug-likeness (QED) is 0.233. The standard InChI is InChI=1S/C39H52N4O2/c1-34(2)13-15-39(33(44)45)16-14-38(7)30(26(39)21-34)24(22-8-9-27-23(18-22)11-17-41-27)19-29-36(5)20-25-31(42-43-32(25)40)35(3,4)28(36)10-12-37(29,38)6/h8-9,11,17-18,26,28-29,41H,10,12-16,19-21H2,1-7H3,(H,44,45)(H3,40,42,43)/t26?,28?,29?,36-,37+,38+,39-/m0/s1. The van der Waals surface area contributed by atoms with Crippen LogP contribution in [0.15, 0.2) is 36.0 Å². The number of fused-ring (bicyclic) bond motifs is 9. The maximum absolute atomic E-state index is 13.4. The molecule has 5 aliphatic rings. The molecule has 0 aliphatic heterocycles. The smallest absolute Gasteiger partial charge is 0.310 e. The van der Waals surface area contributed by atoms with Crippen molar-refractivity contribution in [2.45, 2.75) is 112 Å². The van der Waals surface area contributed by atoms with Gasteiger partial charge in [0.1, 0.15) is 5.82 Å². The number of anilines is 1. The number of aromatic nitrogens is 3. The van der Waals surface area contributed by atoms with Crippen LogP contribution in [0.3, 0.4) is 0 Å². The van der Waals surface area contributed by atoms with Crippen molar-refractivity contribution in [3.8, 4) is 0 Å². The molecule has 6 heteroatoms. The van der Waals surface area contributed by atoms with Crippen molar-refractivity contribution < 1.29 is 9.90 Å². The number of nitrogens with two attached hydrogens (primary N) is 1. The van der Waals surface area contributed by atoms with Gasteiger partial charge in [0.25, 0.3) is 0 Å². The Balaban J connectivity index is 1.39. The molecule has 3 unspecified atom stereocenters. The van der Waals surface area contributed by atoms with Crippen LogP contribution in [0.2, 0.25) is 0 Å². The first-order chi connectivity index (χ1) is 21.1. The zero-order chi connectivity index (χ0) is 31.9. The highest BCUT2D eigenvalue weighted by molar-refractivity contribution is 5.86. The third kappa shape index (κ3) is 3.57. The Morgan fingerprint density at radius 2 is 1.73 bits per heavy atom. The van der Waals surface area contributed by atoms with Gasteiger partial charge < -0.3 is 15.8 Å². The Labute approximate surface area is 268 Å². The van der Waals surface area contributed by atoms with Gasteiger partial charge >= 0.3 is 5.97 Å². The van der Waals surface area contributed by atoms with E-state index in [9.17, 15) is 9.90 Å². The normalized spacial score (nSPS) is 39.8. The second-order valence-electron chi connectivity index (χ2n) is 18.0. The van der Waals surface area contributed by atoms with Crippen LogP contribution in [0.1, 0.15) is 117 Å². The number of nitrogen functional groups attached to an aromatic ring is 1. The van der Waals surface area contributed by atoms with Crippen LogP contribution in [0.5, 0.6) is 0 Å². The van der Waals surface area contributed by atoms with Gasteiger partial charge in [0, 0.05) is 22.7 Å². The zero-order valence-electron chi connectivity index (χ0n) is 28.4. The van der Waals surface area contributed by atoms with Gasteiger partial charge in [-0.25, -0.2) is 0 Å². The van der Waals surface area contributed by atoms with Crippen LogP contribution in [-0.2, 0) is 16.6 Å². The van der Waals surface area contributed by atoms with E-state index in [1.54, 1.807) is 0 Å². The lowest BCUT2D eigenvalue weighted by molar-refractivity contribution is -0.175. The number of benzene rings is 1. The number of rotatable bonds is 2. The predicted octanol–water partition coefficient (Wildman–Crippen LogP) is 8.90. The summed E-state index contributed by atoms with van der Waals surface area (Å²) < 4.78 is 0. The summed E-state index contributed by atoms with van der Waals surface area (Å²) in [7, 11) is 0. The molecule has 0 radical (unpaired) electrons. The molecule has 3 saturated carbocycles. The number of carbonyl (C=O) groups is 1. The molecule has 0 saturated heterocycles. The Morgan fingerprint density at radius 1 is 0.978 bits per heavy atom. The first kappa shape index (κ1) is 29.4. The maximum Gasteiger partial charge on any atom is 0.310 e. The summed E-state index contributed by atoms with van der Waals surface area (Å²) in [6, 6.07) is 9.10. The van der Waals surface area contributed by atoms with E-state index in [4.69, 9.17) is 10.8 Å². The van der Waals surface area contributed by atoms with Gasteiger partial charge in [-0.1, -0.05) is 60.1 Å². The van der Waals surface area contributed by atoms with E-state index in [1.165, 1.54) is 27.7 Å². The minimum absolute atomic E-state index is 0.0344. The Bertz CT molecular complexity index is 1780. The molecule has 45 heavy (non-hydrogen) atoms. The minimum Gasteiger partial charge on any atom is -0.481 e. The second-order valence-corrected chi connectivity index (χ2v) is 18.0. The Kier molecular flexibility index (Phi) is 5.79. The van der Waals surface area contributed by atoms with E-state index in [0.29, 0.717) is 11.8 Å². The molecule has 0 amide bonds. The number of aliphatic carboxylic acids is 1. The average molecular weight is 609 g/mol. The molecule has 5 aliphatic carbocycles. The van der Waals surface area contributed by atoms with Crippen LogP contribution in [0.25, 0.3) is 16.5 Å². The van der Waals surface area contributed by atoms with E-state index in [1.807, 2.05) is 6.20 Å². The number of nitrogens with zero attached hydrogens (tertiary/aromatic N) is 1. The van der Waals surface area contributed by atoms with Gasteiger partial charge in [-0.2, -0.15) is 5.10 Å². The summed E-state index contributed by atoms with van der Waals surface area (Å²) in [6.45, 7) is 17.3. The molecular formula is C39H52N4O2. The lowest BCUT2D eigenvalue weighted by atomic mass is 9.33. The van der Waals surface area contributed by atoms with Gasteiger partial charge in [-0.15, -0.1) is 0 Å². The first-order valence-corrected chi connectivity index (χ1v) is 17.5. The summed E-state index contributed by atoms with van der Waals surface area (Å²) in [5, 5.41) is 20.2. The van der Waals surface area contributed by atoms with Gasteiger partial charge in [-0.3, -0.25) is 9.89 Å². The Hall–Kier alpha value is -3.02. The van der Waals surface area contributed by atoms with Crippen molar-refractivity contribution in [1.82, 2.24) is 15.2 Å². The maximum atomic E-state index is 13.4. The van der Waals surface area contributed by atoms with Crippen molar-refractivity contribution in [3.05, 3.63) is 52.9 Å². The van der Waals surface area contributed by atoms with Crippen LogP contribution < -0.4 is 5.73 Å². The lowest BCUT2D eigenvalue weighted by Gasteiger charge is -2.71. The summed E-state index contributed by atoms with van der Waals surface area (Å²) in [4.78, 5) is 16.8. The van der Waals surface area contributed by atoms with E-state index in [2.05, 4.69) is 82.8 Å². The van der Waals surface area contributed by atoms with E-state index >= 15 is 0 Å². The Morgan fingerprint density at radius 3 is 2.49 bits per heavy atom. The highest BCUT2D eigenvalue weighted by Crippen LogP contribution is 2.77. The summed E-state index contributed by atoms with van der Waals surface area (Å²) in [5.74, 6) is 1.14. The molecule has 7 atom stereocenters. The van der Waals surface area contributed by atoms with Crippen LogP contribution in [0.4, 0.5) is 5.82 Å². The SMILES string of the molecule is CC1(C)CC[C@]2(C(=O)O)CC[C@]3(C)C(=C(c4ccc5[nH]ccc5c4)CC4[C@@]5(C)Cc6c(n[nH]c6N)C(C)(C)C5CC[C@]43C)C2C1. The highest BCUT2D eigenvalue weighted by Gasteiger charge is 2.70. The number of aromatic amines is 2. The summed E-state index contributed by atoms with van der Waals surface area (Å²) in [6.07, 6.45) is 10.7. The van der Waals surface area contributed by atoms with Crippen molar-refractivity contribution in [2.75, 3.05) is 5.73 Å². The lowest BCUT2D eigenvalue weighted by Crippen LogP contribution is -2.65.